The molecule has 0 spiro atoms. The number of aromatic nitrogens is 1. The highest BCUT2D eigenvalue weighted by molar-refractivity contribution is 5.77. The maximum atomic E-state index is 12.0. The van der Waals surface area contributed by atoms with E-state index in [1.165, 1.54) is 0 Å². The Bertz CT molecular complexity index is 738. The highest BCUT2D eigenvalue weighted by Gasteiger charge is 2.24. The quantitative estimate of drug-likeness (QED) is 0.796. The number of likely N-dealkylation sites (tertiary alicyclic amines) is 1. The number of carbonyl (C=O) groups excluding carboxylic acids is 1. The van der Waals surface area contributed by atoms with E-state index in [1.54, 1.807) is 30.7 Å². The van der Waals surface area contributed by atoms with E-state index in [4.69, 9.17) is 9.68 Å². The number of amides is 1. The third-order valence-corrected chi connectivity index (χ3v) is 4.26. The van der Waals surface area contributed by atoms with Crippen LogP contribution in [-0.2, 0) is 11.3 Å². The number of nitrogens with zero attached hydrogens (tertiary/aromatic N) is 3. The number of nitriles is 1. The van der Waals surface area contributed by atoms with E-state index in [-0.39, 0.29) is 5.91 Å². The molecule has 1 saturated heterocycles. The highest BCUT2D eigenvalue weighted by atomic mass is 16.3. The number of pyridine rings is 1. The van der Waals surface area contributed by atoms with E-state index in [9.17, 15) is 4.79 Å². The van der Waals surface area contributed by atoms with Gasteiger partial charge in [-0.2, -0.15) is 5.26 Å². The highest BCUT2D eigenvalue weighted by Crippen LogP contribution is 2.17. The van der Waals surface area contributed by atoms with Gasteiger partial charge in [-0.05, 0) is 43.1 Å². The minimum Gasteiger partial charge on any atom is -0.467 e. The number of hydrogen-bond acceptors (Lipinski definition) is 6. The van der Waals surface area contributed by atoms with Gasteiger partial charge in [-0.25, -0.2) is 4.98 Å². The molecule has 7 heteroatoms. The van der Waals surface area contributed by atoms with Crippen molar-refractivity contribution in [3.05, 3.63) is 48.0 Å². The first-order valence-corrected chi connectivity index (χ1v) is 8.35. The SMILES string of the molecule is N#Cc1cccnc1NC[C@H]1CCN(CC(=O)NCc2ccco2)C1. The summed E-state index contributed by atoms with van der Waals surface area (Å²) in [5.41, 5.74) is 0.551. The zero-order chi connectivity index (χ0) is 17.5. The number of hydrogen-bond donors (Lipinski definition) is 2. The van der Waals surface area contributed by atoms with Gasteiger partial charge < -0.3 is 15.1 Å². The molecule has 0 bridgehead atoms. The molecular weight excluding hydrogens is 318 g/mol. The van der Waals surface area contributed by atoms with Crippen LogP contribution >= 0.6 is 0 Å². The fourth-order valence-electron chi connectivity index (χ4n) is 2.96. The van der Waals surface area contributed by atoms with Gasteiger partial charge in [-0.1, -0.05) is 0 Å². The van der Waals surface area contributed by atoms with Gasteiger partial charge >= 0.3 is 0 Å². The van der Waals surface area contributed by atoms with Gasteiger partial charge in [0.15, 0.2) is 0 Å². The van der Waals surface area contributed by atoms with Crippen molar-refractivity contribution in [2.24, 2.45) is 5.92 Å². The normalized spacial score (nSPS) is 17.2. The topological polar surface area (TPSA) is 94.2 Å². The zero-order valence-electron chi connectivity index (χ0n) is 13.9. The van der Waals surface area contributed by atoms with E-state index in [0.717, 1.165) is 31.8 Å². The molecule has 2 aromatic rings. The molecule has 1 fully saturated rings. The molecule has 25 heavy (non-hydrogen) atoms. The van der Waals surface area contributed by atoms with Crippen LogP contribution in [0.5, 0.6) is 0 Å². The molecule has 1 aliphatic heterocycles. The van der Waals surface area contributed by atoms with E-state index in [1.807, 2.05) is 6.07 Å². The molecule has 1 atom stereocenters. The lowest BCUT2D eigenvalue weighted by molar-refractivity contribution is -0.122. The molecule has 1 amide bonds. The summed E-state index contributed by atoms with van der Waals surface area (Å²) in [6.45, 7) is 3.31. The standard InChI is InChI=1S/C18H21N5O2/c19-9-15-3-1-6-20-18(15)22-10-14-5-7-23(12-14)13-17(24)21-11-16-4-2-8-25-16/h1-4,6,8,14H,5,7,10-13H2,(H,20,22)(H,21,24)/t14-/m1/s1. The van der Waals surface area contributed by atoms with E-state index >= 15 is 0 Å². The average molecular weight is 339 g/mol. The van der Waals surface area contributed by atoms with Crippen LogP contribution in [0.3, 0.4) is 0 Å². The first kappa shape index (κ1) is 17.0. The molecule has 3 heterocycles. The summed E-state index contributed by atoms with van der Waals surface area (Å²) in [6, 6.07) is 9.28. The van der Waals surface area contributed by atoms with E-state index < -0.39 is 0 Å². The Kier molecular flexibility index (Phi) is 5.65. The van der Waals surface area contributed by atoms with Crippen LogP contribution in [0.15, 0.2) is 41.1 Å². The molecular formula is C18H21N5O2. The molecule has 130 valence electrons. The van der Waals surface area contributed by atoms with Crippen LogP contribution in [0.4, 0.5) is 5.82 Å². The lowest BCUT2D eigenvalue weighted by Crippen LogP contribution is -2.36. The monoisotopic (exact) mass is 339 g/mol. The lowest BCUT2D eigenvalue weighted by Gasteiger charge is -2.16. The summed E-state index contributed by atoms with van der Waals surface area (Å²) in [4.78, 5) is 18.4. The Morgan fingerprint density at radius 1 is 1.44 bits per heavy atom. The van der Waals surface area contributed by atoms with Crippen molar-refractivity contribution >= 4 is 11.7 Å². The van der Waals surface area contributed by atoms with Crippen LogP contribution in [0.2, 0.25) is 0 Å². The van der Waals surface area contributed by atoms with Crippen molar-refractivity contribution in [3.63, 3.8) is 0 Å². The van der Waals surface area contributed by atoms with Crippen molar-refractivity contribution < 1.29 is 9.21 Å². The minimum absolute atomic E-state index is 0.00139. The maximum Gasteiger partial charge on any atom is 0.234 e. The number of rotatable bonds is 7. The molecule has 7 nitrogen and oxygen atoms in total. The Balaban J connectivity index is 1.39. The van der Waals surface area contributed by atoms with Crippen molar-refractivity contribution in [1.29, 1.82) is 5.26 Å². The summed E-state index contributed by atoms with van der Waals surface area (Å²) in [6.07, 6.45) is 4.29. The van der Waals surface area contributed by atoms with Gasteiger partial charge in [0.2, 0.25) is 5.91 Å². The first-order chi connectivity index (χ1) is 12.2. The fourth-order valence-corrected chi connectivity index (χ4v) is 2.96. The van der Waals surface area contributed by atoms with Gasteiger partial charge in [0.25, 0.3) is 0 Å². The van der Waals surface area contributed by atoms with Crippen LogP contribution in [0.1, 0.15) is 17.7 Å². The van der Waals surface area contributed by atoms with Crippen LogP contribution in [0.25, 0.3) is 0 Å². The molecule has 0 aliphatic carbocycles. The predicted octanol–water partition coefficient (Wildman–Crippen LogP) is 1.60. The van der Waals surface area contributed by atoms with Gasteiger partial charge in [0.1, 0.15) is 17.6 Å². The summed E-state index contributed by atoms with van der Waals surface area (Å²) in [5.74, 6) is 1.81. The number of nitrogens with one attached hydrogen (secondary N) is 2. The predicted molar refractivity (Wildman–Crippen MR) is 92.5 cm³/mol. The van der Waals surface area contributed by atoms with Crippen molar-refractivity contribution in [2.45, 2.75) is 13.0 Å². The van der Waals surface area contributed by atoms with Crippen molar-refractivity contribution in [1.82, 2.24) is 15.2 Å². The van der Waals surface area contributed by atoms with E-state index in [2.05, 4.69) is 26.6 Å². The minimum atomic E-state index is 0.00139. The molecule has 3 rings (SSSR count). The largest absolute Gasteiger partial charge is 0.467 e. The molecule has 0 unspecified atom stereocenters. The van der Waals surface area contributed by atoms with E-state index in [0.29, 0.717) is 30.4 Å². The smallest absolute Gasteiger partial charge is 0.234 e. The Hall–Kier alpha value is -2.85. The second kappa shape index (κ2) is 8.31. The maximum absolute atomic E-state index is 12.0. The molecule has 1 aliphatic rings. The Morgan fingerprint density at radius 3 is 3.16 bits per heavy atom. The van der Waals surface area contributed by atoms with Gasteiger partial charge in [0, 0.05) is 19.3 Å². The molecule has 0 aromatic carbocycles. The molecule has 2 N–H and O–H groups in total. The van der Waals surface area contributed by atoms with Crippen LogP contribution in [0, 0.1) is 17.2 Å². The van der Waals surface area contributed by atoms with Crippen molar-refractivity contribution in [3.8, 4) is 6.07 Å². The van der Waals surface area contributed by atoms with Gasteiger partial charge in [-0.3, -0.25) is 9.69 Å². The van der Waals surface area contributed by atoms with Gasteiger partial charge in [0.05, 0.1) is 24.9 Å². The fraction of sp³-hybridized carbons (Fsp3) is 0.389. The average Bonchev–Trinajstić information content (AvgIpc) is 3.30. The van der Waals surface area contributed by atoms with Crippen LogP contribution < -0.4 is 10.6 Å². The first-order valence-electron chi connectivity index (χ1n) is 8.35. The Morgan fingerprint density at radius 2 is 2.36 bits per heavy atom. The zero-order valence-corrected chi connectivity index (χ0v) is 13.9. The third-order valence-electron chi connectivity index (χ3n) is 4.26. The molecule has 0 radical (unpaired) electrons. The number of anilines is 1. The summed E-state index contributed by atoms with van der Waals surface area (Å²) < 4.78 is 5.20. The Labute approximate surface area is 146 Å². The van der Waals surface area contributed by atoms with Gasteiger partial charge in [-0.15, -0.1) is 0 Å². The summed E-state index contributed by atoms with van der Waals surface area (Å²) in [7, 11) is 0. The van der Waals surface area contributed by atoms with Crippen molar-refractivity contribution in [2.75, 3.05) is 31.5 Å². The summed E-state index contributed by atoms with van der Waals surface area (Å²) in [5, 5.41) is 15.2. The second-order valence-corrected chi connectivity index (χ2v) is 6.14. The number of furan rings is 1. The van der Waals surface area contributed by atoms with Crippen LogP contribution in [-0.4, -0.2) is 42.0 Å². The second-order valence-electron chi connectivity index (χ2n) is 6.14. The summed E-state index contributed by atoms with van der Waals surface area (Å²) >= 11 is 0. The lowest BCUT2D eigenvalue weighted by atomic mass is 10.1. The third kappa shape index (κ3) is 4.81. The molecule has 0 saturated carbocycles. The molecule has 2 aromatic heterocycles. The number of carbonyl (C=O) groups is 1.